The van der Waals surface area contributed by atoms with E-state index in [1.54, 1.807) is 13.8 Å². The first-order chi connectivity index (χ1) is 7.77. The first-order valence-corrected chi connectivity index (χ1v) is 7.23. The summed E-state index contributed by atoms with van der Waals surface area (Å²) >= 11 is 4.67. The summed E-state index contributed by atoms with van der Waals surface area (Å²) in [4.78, 5) is 11.3. The molecule has 17 heavy (non-hydrogen) atoms. The van der Waals surface area contributed by atoms with Crippen molar-refractivity contribution in [1.82, 2.24) is 9.62 Å². The Labute approximate surface area is 108 Å². The second-order valence-corrected chi connectivity index (χ2v) is 6.19. The van der Waals surface area contributed by atoms with E-state index < -0.39 is 15.3 Å². The summed E-state index contributed by atoms with van der Waals surface area (Å²) in [5.41, 5.74) is 5.33. The second kappa shape index (κ2) is 6.87. The van der Waals surface area contributed by atoms with Crippen molar-refractivity contribution in [1.29, 1.82) is 0 Å². The zero-order valence-corrected chi connectivity index (χ0v) is 11.9. The maximum atomic E-state index is 12.0. The molecule has 0 aliphatic rings. The molecule has 1 amide bonds. The van der Waals surface area contributed by atoms with Gasteiger partial charge in [0.2, 0.25) is 15.9 Å². The van der Waals surface area contributed by atoms with Crippen molar-refractivity contribution in [2.24, 2.45) is 5.73 Å². The molecule has 0 saturated heterocycles. The lowest BCUT2D eigenvalue weighted by Crippen LogP contribution is -2.47. The van der Waals surface area contributed by atoms with Crippen LogP contribution in [0.25, 0.3) is 0 Å². The standard InChI is InChI=1S/C9H19N3O3S2/c1-4-11-8(13)6-12(5-2)17(14,15)7(3)9(10)16/h7H,4-6H2,1-3H3,(H2,10,16)(H,11,13). The van der Waals surface area contributed by atoms with Crippen molar-refractivity contribution in [3.8, 4) is 0 Å². The van der Waals surface area contributed by atoms with Crippen LogP contribution in [0, 0.1) is 0 Å². The molecule has 0 aliphatic carbocycles. The quantitative estimate of drug-likeness (QED) is 0.611. The van der Waals surface area contributed by atoms with Gasteiger partial charge in [-0.15, -0.1) is 0 Å². The maximum Gasteiger partial charge on any atom is 0.235 e. The van der Waals surface area contributed by atoms with Gasteiger partial charge in [-0.1, -0.05) is 19.1 Å². The van der Waals surface area contributed by atoms with Crippen LogP contribution in [0.4, 0.5) is 0 Å². The Morgan fingerprint density at radius 3 is 2.35 bits per heavy atom. The van der Waals surface area contributed by atoms with Gasteiger partial charge in [0.1, 0.15) is 5.25 Å². The minimum absolute atomic E-state index is 0.0978. The minimum Gasteiger partial charge on any atom is -0.392 e. The van der Waals surface area contributed by atoms with Gasteiger partial charge in [-0.3, -0.25) is 4.79 Å². The lowest BCUT2D eigenvalue weighted by molar-refractivity contribution is -0.121. The van der Waals surface area contributed by atoms with Crippen molar-refractivity contribution in [2.45, 2.75) is 26.0 Å². The first-order valence-electron chi connectivity index (χ1n) is 5.32. The molecule has 0 heterocycles. The van der Waals surface area contributed by atoms with Crippen LogP contribution in [-0.2, 0) is 14.8 Å². The molecule has 8 heteroatoms. The molecule has 6 nitrogen and oxygen atoms in total. The fourth-order valence-electron chi connectivity index (χ4n) is 1.17. The van der Waals surface area contributed by atoms with Gasteiger partial charge in [-0.05, 0) is 13.8 Å². The Kier molecular flexibility index (Phi) is 6.58. The van der Waals surface area contributed by atoms with E-state index >= 15 is 0 Å². The van der Waals surface area contributed by atoms with Crippen LogP contribution < -0.4 is 11.1 Å². The third kappa shape index (κ3) is 4.57. The lowest BCUT2D eigenvalue weighted by atomic mass is 10.5. The van der Waals surface area contributed by atoms with Gasteiger partial charge in [0, 0.05) is 13.1 Å². The largest absolute Gasteiger partial charge is 0.392 e. The van der Waals surface area contributed by atoms with Gasteiger partial charge < -0.3 is 11.1 Å². The third-order valence-corrected chi connectivity index (χ3v) is 5.01. The number of carbonyl (C=O) groups is 1. The van der Waals surface area contributed by atoms with Gasteiger partial charge in [-0.2, -0.15) is 4.31 Å². The molecule has 100 valence electrons. The van der Waals surface area contributed by atoms with Crippen LogP contribution >= 0.6 is 12.2 Å². The summed E-state index contributed by atoms with van der Waals surface area (Å²) < 4.78 is 25.1. The van der Waals surface area contributed by atoms with Crippen molar-refractivity contribution >= 4 is 33.1 Å². The zero-order valence-electron chi connectivity index (χ0n) is 10.3. The minimum atomic E-state index is -3.66. The summed E-state index contributed by atoms with van der Waals surface area (Å²) in [5, 5.41) is 1.58. The molecule has 0 aromatic heterocycles. The average Bonchev–Trinajstić information content (AvgIpc) is 2.24. The van der Waals surface area contributed by atoms with E-state index in [4.69, 9.17) is 5.73 Å². The fourth-order valence-corrected chi connectivity index (χ4v) is 2.93. The van der Waals surface area contributed by atoms with Crippen LogP contribution in [0.3, 0.4) is 0 Å². The van der Waals surface area contributed by atoms with Gasteiger partial charge in [0.25, 0.3) is 0 Å². The predicted molar refractivity (Wildman–Crippen MR) is 71.1 cm³/mol. The number of nitrogens with one attached hydrogen (secondary N) is 1. The smallest absolute Gasteiger partial charge is 0.235 e. The van der Waals surface area contributed by atoms with Crippen LogP contribution in [-0.4, -0.2) is 48.5 Å². The van der Waals surface area contributed by atoms with E-state index in [0.717, 1.165) is 4.31 Å². The summed E-state index contributed by atoms with van der Waals surface area (Å²) in [6, 6.07) is 0. The maximum absolute atomic E-state index is 12.0. The van der Waals surface area contributed by atoms with E-state index in [9.17, 15) is 13.2 Å². The van der Waals surface area contributed by atoms with E-state index in [1.807, 2.05) is 0 Å². The van der Waals surface area contributed by atoms with Crippen molar-refractivity contribution in [3.05, 3.63) is 0 Å². The summed E-state index contributed by atoms with van der Waals surface area (Å²) in [6.07, 6.45) is 0. The predicted octanol–water partition coefficient (Wildman–Crippen LogP) is -0.551. The number of hydrogen-bond acceptors (Lipinski definition) is 4. The molecule has 0 aliphatic heterocycles. The van der Waals surface area contributed by atoms with Crippen LogP contribution in [0.15, 0.2) is 0 Å². The van der Waals surface area contributed by atoms with E-state index in [0.29, 0.717) is 6.54 Å². The number of amides is 1. The van der Waals surface area contributed by atoms with Crippen LogP contribution in [0.1, 0.15) is 20.8 Å². The van der Waals surface area contributed by atoms with Crippen molar-refractivity contribution in [2.75, 3.05) is 19.6 Å². The molecule has 1 atom stereocenters. The zero-order chi connectivity index (χ0) is 13.6. The highest BCUT2D eigenvalue weighted by Gasteiger charge is 2.30. The SMILES string of the molecule is CCNC(=O)CN(CC)S(=O)(=O)C(C)C(N)=S. The fraction of sp³-hybridized carbons (Fsp3) is 0.778. The number of nitrogens with zero attached hydrogens (tertiary/aromatic N) is 1. The molecule has 0 saturated carbocycles. The molecule has 0 spiro atoms. The Hall–Kier alpha value is -0.730. The van der Waals surface area contributed by atoms with Gasteiger partial charge in [0.15, 0.2) is 0 Å². The normalized spacial score (nSPS) is 13.4. The highest BCUT2D eigenvalue weighted by atomic mass is 32.2. The molecule has 0 fully saturated rings. The van der Waals surface area contributed by atoms with E-state index in [-0.39, 0.29) is 24.0 Å². The Balaban J connectivity index is 4.88. The first kappa shape index (κ1) is 16.3. The number of thiocarbonyl (C=S) groups is 1. The highest BCUT2D eigenvalue weighted by molar-refractivity contribution is 7.92. The van der Waals surface area contributed by atoms with Gasteiger partial charge >= 0.3 is 0 Å². The van der Waals surface area contributed by atoms with Crippen molar-refractivity contribution in [3.63, 3.8) is 0 Å². The topological polar surface area (TPSA) is 92.5 Å². The van der Waals surface area contributed by atoms with Gasteiger partial charge in [-0.25, -0.2) is 8.42 Å². The van der Waals surface area contributed by atoms with E-state index in [1.165, 1.54) is 6.92 Å². The van der Waals surface area contributed by atoms with Crippen molar-refractivity contribution < 1.29 is 13.2 Å². The van der Waals surface area contributed by atoms with Gasteiger partial charge in [0.05, 0.1) is 11.5 Å². The molecule has 0 radical (unpaired) electrons. The Morgan fingerprint density at radius 1 is 1.47 bits per heavy atom. The number of likely N-dealkylation sites (N-methyl/N-ethyl adjacent to an activating group) is 2. The molecular formula is C9H19N3O3S2. The third-order valence-electron chi connectivity index (χ3n) is 2.25. The number of nitrogens with two attached hydrogens (primary N) is 1. The summed E-state index contributed by atoms with van der Waals surface area (Å²) in [6.45, 7) is 5.29. The summed E-state index contributed by atoms with van der Waals surface area (Å²) in [5.74, 6) is -0.340. The van der Waals surface area contributed by atoms with Crippen LogP contribution in [0.2, 0.25) is 0 Å². The molecule has 3 N–H and O–H groups in total. The molecule has 0 rings (SSSR count). The Bertz CT molecular complexity index is 381. The number of hydrogen-bond donors (Lipinski definition) is 2. The van der Waals surface area contributed by atoms with Crippen LogP contribution in [0.5, 0.6) is 0 Å². The number of carbonyl (C=O) groups excluding carboxylic acids is 1. The average molecular weight is 281 g/mol. The molecule has 1 unspecified atom stereocenters. The molecule has 0 aromatic rings. The number of sulfonamides is 1. The molecular weight excluding hydrogens is 262 g/mol. The monoisotopic (exact) mass is 281 g/mol. The lowest BCUT2D eigenvalue weighted by Gasteiger charge is -2.23. The second-order valence-electron chi connectivity index (χ2n) is 3.47. The Morgan fingerprint density at radius 2 is 2.00 bits per heavy atom. The number of rotatable bonds is 7. The van der Waals surface area contributed by atoms with E-state index in [2.05, 4.69) is 17.5 Å². The summed E-state index contributed by atoms with van der Waals surface area (Å²) in [7, 11) is -3.66. The molecule has 0 aromatic carbocycles. The molecule has 0 bridgehead atoms. The highest BCUT2D eigenvalue weighted by Crippen LogP contribution is 2.08.